The molecule has 136 valence electrons. The molecule has 25 heavy (non-hydrogen) atoms. The lowest BCUT2D eigenvalue weighted by Gasteiger charge is -2.30. The highest BCUT2D eigenvalue weighted by Crippen LogP contribution is 2.54. The van der Waals surface area contributed by atoms with Crippen LogP contribution in [0.15, 0.2) is 18.2 Å². The van der Waals surface area contributed by atoms with Gasteiger partial charge in [-0.05, 0) is 51.9 Å². The lowest BCUT2D eigenvalue weighted by molar-refractivity contribution is -0.131. The van der Waals surface area contributed by atoms with Gasteiger partial charge in [-0.2, -0.15) is 0 Å². The van der Waals surface area contributed by atoms with Gasteiger partial charge in [-0.1, -0.05) is 23.8 Å². The summed E-state index contributed by atoms with van der Waals surface area (Å²) in [4.78, 5) is 17.3. The molecule has 3 aliphatic heterocycles. The number of carbonyl (C=O) groups excluding carboxylic acids is 1. The van der Waals surface area contributed by atoms with Gasteiger partial charge in [0.05, 0.1) is 24.7 Å². The van der Waals surface area contributed by atoms with Crippen molar-refractivity contribution in [3.63, 3.8) is 0 Å². The first-order chi connectivity index (χ1) is 11.9. The maximum Gasteiger partial charge on any atom is 0.227 e. The Balaban J connectivity index is 1.48. The number of hydrogen-bond donors (Lipinski definition) is 0. The average Bonchev–Trinajstić information content (AvgIpc) is 3.20. The van der Waals surface area contributed by atoms with Gasteiger partial charge in [0, 0.05) is 24.9 Å². The monoisotopic (exact) mass is 342 g/mol. The number of likely N-dealkylation sites (tertiary alicyclic amines) is 1. The number of aryl methyl sites for hydroxylation is 2. The van der Waals surface area contributed by atoms with E-state index in [-0.39, 0.29) is 11.5 Å². The largest absolute Gasteiger partial charge is 0.369 e. The van der Waals surface area contributed by atoms with Crippen LogP contribution >= 0.6 is 0 Å². The summed E-state index contributed by atoms with van der Waals surface area (Å²) in [6.45, 7) is 6.92. The lowest BCUT2D eigenvalue weighted by atomic mass is 9.73. The van der Waals surface area contributed by atoms with Gasteiger partial charge in [-0.25, -0.2) is 0 Å². The zero-order valence-electron chi connectivity index (χ0n) is 15.9. The Kier molecular flexibility index (Phi) is 4.16. The minimum absolute atomic E-state index is 0.0529. The molecule has 0 radical (unpaired) electrons. The zero-order valence-corrected chi connectivity index (χ0v) is 15.9. The van der Waals surface area contributed by atoms with Gasteiger partial charge in [-0.15, -0.1) is 0 Å². The molecule has 0 aromatic heterocycles. The number of hydrogen-bond acceptors (Lipinski definition) is 3. The summed E-state index contributed by atoms with van der Waals surface area (Å²) in [6, 6.07) is 6.38. The van der Waals surface area contributed by atoms with E-state index in [4.69, 9.17) is 4.74 Å². The molecule has 1 amide bonds. The molecule has 0 N–H and O–H groups in total. The molecule has 0 unspecified atom stereocenters. The fraction of sp³-hybridized carbons (Fsp3) is 0.667. The molecule has 1 spiro atoms. The molecule has 0 saturated carbocycles. The van der Waals surface area contributed by atoms with E-state index in [0.29, 0.717) is 24.4 Å². The smallest absolute Gasteiger partial charge is 0.227 e. The van der Waals surface area contributed by atoms with Crippen LogP contribution in [-0.4, -0.2) is 61.1 Å². The molecule has 3 heterocycles. The summed E-state index contributed by atoms with van der Waals surface area (Å²) < 4.78 is 6.45. The Morgan fingerprint density at radius 3 is 2.92 bits per heavy atom. The highest BCUT2D eigenvalue weighted by atomic mass is 16.5. The third-order valence-electron chi connectivity index (χ3n) is 6.56. The number of benzene rings is 1. The van der Waals surface area contributed by atoms with E-state index in [1.54, 1.807) is 0 Å². The van der Waals surface area contributed by atoms with Crippen molar-refractivity contribution in [1.29, 1.82) is 0 Å². The van der Waals surface area contributed by atoms with Crippen LogP contribution in [0.3, 0.4) is 0 Å². The van der Waals surface area contributed by atoms with Crippen LogP contribution < -0.4 is 0 Å². The third kappa shape index (κ3) is 2.89. The van der Waals surface area contributed by atoms with Gasteiger partial charge in [0.1, 0.15) is 0 Å². The van der Waals surface area contributed by atoms with Gasteiger partial charge in [-0.3, -0.25) is 4.79 Å². The quantitative estimate of drug-likeness (QED) is 0.842. The molecule has 3 saturated heterocycles. The van der Waals surface area contributed by atoms with Crippen molar-refractivity contribution < 1.29 is 9.53 Å². The second-order valence-corrected chi connectivity index (χ2v) is 8.67. The number of ether oxygens (including phenoxy) is 1. The normalized spacial score (nSPS) is 33.3. The molecule has 1 aromatic carbocycles. The highest BCUT2D eigenvalue weighted by Gasteiger charge is 2.63. The predicted molar refractivity (Wildman–Crippen MR) is 98.6 cm³/mol. The molecule has 4 heteroatoms. The SMILES string of the molecule is Cc1ccc(C)c(CC(=O)N2C[C@@H]3[C@H](CN(C)C)[C@H]4CC[C@]3(C2)O4)c1. The van der Waals surface area contributed by atoms with E-state index in [0.717, 1.165) is 38.0 Å². The molecule has 2 bridgehead atoms. The molecular weight excluding hydrogens is 312 g/mol. The van der Waals surface area contributed by atoms with Crippen LogP contribution in [0.5, 0.6) is 0 Å². The molecule has 3 aliphatic rings. The minimum Gasteiger partial charge on any atom is -0.369 e. The third-order valence-corrected chi connectivity index (χ3v) is 6.56. The number of fused-ring (bicyclic) bond motifs is 1. The van der Waals surface area contributed by atoms with Gasteiger partial charge < -0.3 is 14.5 Å². The first kappa shape index (κ1) is 17.0. The van der Waals surface area contributed by atoms with Crippen LogP contribution in [0.4, 0.5) is 0 Å². The van der Waals surface area contributed by atoms with Crippen molar-refractivity contribution in [1.82, 2.24) is 9.80 Å². The second-order valence-electron chi connectivity index (χ2n) is 8.67. The van der Waals surface area contributed by atoms with E-state index in [9.17, 15) is 4.79 Å². The van der Waals surface area contributed by atoms with Crippen LogP contribution in [0.2, 0.25) is 0 Å². The molecule has 3 fully saturated rings. The number of carbonyl (C=O) groups is 1. The Labute approximate surface area is 151 Å². The molecule has 4 atom stereocenters. The van der Waals surface area contributed by atoms with Crippen molar-refractivity contribution in [2.24, 2.45) is 11.8 Å². The van der Waals surface area contributed by atoms with Crippen molar-refractivity contribution >= 4 is 5.91 Å². The summed E-state index contributed by atoms with van der Waals surface area (Å²) >= 11 is 0. The minimum atomic E-state index is -0.0529. The van der Waals surface area contributed by atoms with Gasteiger partial charge >= 0.3 is 0 Å². The fourth-order valence-electron chi connectivity index (χ4n) is 5.31. The highest BCUT2D eigenvalue weighted by molar-refractivity contribution is 5.79. The van der Waals surface area contributed by atoms with Crippen molar-refractivity contribution in [2.75, 3.05) is 33.7 Å². The fourth-order valence-corrected chi connectivity index (χ4v) is 5.31. The zero-order chi connectivity index (χ0) is 17.8. The summed E-state index contributed by atoms with van der Waals surface area (Å²) in [5.41, 5.74) is 3.54. The van der Waals surface area contributed by atoms with Gasteiger partial charge in [0.15, 0.2) is 0 Å². The lowest BCUT2D eigenvalue weighted by Crippen LogP contribution is -2.40. The van der Waals surface area contributed by atoms with E-state index < -0.39 is 0 Å². The summed E-state index contributed by atoms with van der Waals surface area (Å²) in [7, 11) is 4.27. The van der Waals surface area contributed by atoms with E-state index >= 15 is 0 Å². The van der Waals surface area contributed by atoms with Crippen molar-refractivity contribution in [3.05, 3.63) is 34.9 Å². The van der Waals surface area contributed by atoms with Gasteiger partial charge in [0.2, 0.25) is 5.91 Å². The Morgan fingerprint density at radius 2 is 2.16 bits per heavy atom. The van der Waals surface area contributed by atoms with Crippen molar-refractivity contribution in [2.45, 2.75) is 44.8 Å². The number of rotatable bonds is 4. The number of amides is 1. The van der Waals surface area contributed by atoms with Crippen LogP contribution in [-0.2, 0) is 16.0 Å². The van der Waals surface area contributed by atoms with Crippen molar-refractivity contribution in [3.8, 4) is 0 Å². The second kappa shape index (κ2) is 6.10. The van der Waals surface area contributed by atoms with Crippen LogP contribution in [0, 0.1) is 25.7 Å². The van der Waals surface area contributed by atoms with E-state index in [1.807, 2.05) is 0 Å². The Hall–Kier alpha value is -1.39. The molecule has 4 nitrogen and oxygen atoms in total. The standard InChI is InChI=1S/C21H30N2O2/c1-14-5-6-15(2)16(9-14)10-20(24)23-12-18-17(11-22(3)4)19-7-8-21(18,13-23)25-19/h5-6,9,17-19H,7-8,10-13H2,1-4H3/t17-,18+,19+,21+/m0/s1. The summed E-state index contributed by atoms with van der Waals surface area (Å²) in [5.74, 6) is 1.34. The molecular formula is C21H30N2O2. The predicted octanol–water partition coefficient (Wildman–Crippen LogP) is 2.41. The van der Waals surface area contributed by atoms with E-state index in [1.165, 1.54) is 11.1 Å². The maximum atomic E-state index is 13.0. The summed E-state index contributed by atoms with van der Waals surface area (Å²) in [6.07, 6.45) is 3.20. The molecule has 4 rings (SSSR count). The van der Waals surface area contributed by atoms with E-state index in [2.05, 4.69) is 55.9 Å². The topological polar surface area (TPSA) is 32.8 Å². The van der Waals surface area contributed by atoms with Crippen LogP contribution in [0.25, 0.3) is 0 Å². The van der Waals surface area contributed by atoms with Crippen LogP contribution in [0.1, 0.15) is 29.5 Å². The molecule has 1 aromatic rings. The maximum absolute atomic E-state index is 13.0. The molecule has 0 aliphatic carbocycles. The Morgan fingerprint density at radius 1 is 1.36 bits per heavy atom. The average molecular weight is 342 g/mol. The van der Waals surface area contributed by atoms with Gasteiger partial charge in [0.25, 0.3) is 0 Å². The number of nitrogens with zero attached hydrogens (tertiary/aromatic N) is 2. The summed E-state index contributed by atoms with van der Waals surface area (Å²) in [5, 5.41) is 0. The first-order valence-electron chi connectivity index (χ1n) is 9.54. The Bertz CT molecular complexity index is 686. The first-order valence-corrected chi connectivity index (χ1v) is 9.54.